The van der Waals surface area contributed by atoms with Gasteiger partial charge in [-0.25, -0.2) is 9.97 Å². The molecule has 17 heteroatoms. The summed E-state index contributed by atoms with van der Waals surface area (Å²) in [7, 11) is 0. The molecule has 3 fully saturated rings. The molecule has 4 aliphatic rings. The Morgan fingerprint density at radius 3 is 2.09 bits per heavy atom. The lowest BCUT2D eigenvalue weighted by Gasteiger charge is -2.48. The molecule has 0 amide bonds. The van der Waals surface area contributed by atoms with Crippen molar-refractivity contribution in [1.29, 1.82) is 0 Å². The number of aromatic nitrogens is 8. The number of ether oxygens (including phenoxy) is 2. The van der Waals surface area contributed by atoms with E-state index in [2.05, 4.69) is 177 Å². The Balaban J connectivity index is 0.837. The van der Waals surface area contributed by atoms with Crippen LogP contribution in [0, 0.1) is 12.3 Å². The average molecular weight is 1060 g/mol. The first kappa shape index (κ1) is 54.6. The van der Waals surface area contributed by atoms with Crippen LogP contribution >= 0.6 is 0 Å². The van der Waals surface area contributed by atoms with Gasteiger partial charge >= 0.3 is 5.97 Å². The first-order chi connectivity index (χ1) is 37.0. The molecule has 17 nitrogen and oxygen atoms in total. The number of hydrogen-bond acceptors (Lipinski definition) is 15. The molecule has 2 aliphatic carbocycles. The Bertz CT molecular complexity index is 3210. The fraction of sp³-hybridized carbons (Fsp3) is 0.557. The third-order valence-electron chi connectivity index (χ3n) is 16.7. The molecule has 78 heavy (non-hydrogen) atoms. The highest BCUT2D eigenvalue weighted by Gasteiger charge is 2.38. The highest BCUT2D eigenvalue weighted by molar-refractivity contribution is 5.88. The molecule has 6 heterocycles. The molecule has 2 saturated heterocycles. The van der Waals surface area contributed by atoms with Gasteiger partial charge in [-0.05, 0) is 120 Å². The van der Waals surface area contributed by atoms with E-state index in [1.165, 1.54) is 29.6 Å². The van der Waals surface area contributed by atoms with Crippen molar-refractivity contribution in [2.24, 2.45) is 5.41 Å². The minimum Gasteiger partial charge on any atom is -0.492 e. The number of aryl methyl sites for hydroxylation is 1. The molecule has 4 aromatic heterocycles. The number of carbonyl (C=O) groups excluding carboxylic acids is 1. The quantitative estimate of drug-likeness (QED) is 0.0935. The van der Waals surface area contributed by atoms with Crippen molar-refractivity contribution >= 4 is 63.2 Å². The number of piperazine rings is 2. The number of benzene rings is 2. The maximum absolute atomic E-state index is 12.5. The Hall–Kier alpha value is -6.75. The largest absolute Gasteiger partial charge is 0.492 e. The number of anilines is 6. The van der Waals surface area contributed by atoms with Crippen molar-refractivity contribution in [1.82, 2.24) is 43.9 Å². The Labute approximate surface area is 461 Å². The molecular weight excluding hydrogens is 977 g/mol. The summed E-state index contributed by atoms with van der Waals surface area (Å²) in [6.45, 7) is 34.5. The Kier molecular flexibility index (Phi) is 15.0. The second-order valence-electron chi connectivity index (χ2n) is 25.5. The van der Waals surface area contributed by atoms with E-state index in [0.717, 1.165) is 90.0 Å². The van der Waals surface area contributed by atoms with Crippen LogP contribution in [0.15, 0.2) is 78.4 Å². The first-order valence-corrected chi connectivity index (χ1v) is 28.5. The van der Waals surface area contributed by atoms with Crippen LogP contribution in [0.2, 0.25) is 0 Å². The van der Waals surface area contributed by atoms with Crippen LogP contribution in [0.3, 0.4) is 0 Å². The van der Waals surface area contributed by atoms with E-state index in [4.69, 9.17) is 39.4 Å². The van der Waals surface area contributed by atoms with Crippen LogP contribution < -0.4 is 30.1 Å². The van der Waals surface area contributed by atoms with E-state index in [0.29, 0.717) is 62.8 Å². The molecule has 6 aromatic rings. The number of hydrogen-bond donors (Lipinski definition) is 2. The van der Waals surface area contributed by atoms with Gasteiger partial charge in [0.25, 0.3) is 0 Å². The van der Waals surface area contributed by atoms with E-state index >= 15 is 0 Å². The van der Waals surface area contributed by atoms with Gasteiger partial charge in [0.15, 0.2) is 22.9 Å². The van der Waals surface area contributed by atoms with E-state index < -0.39 is 0 Å². The van der Waals surface area contributed by atoms with Gasteiger partial charge < -0.3 is 43.9 Å². The van der Waals surface area contributed by atoms with E-state index in [1.807, 2.05) is 19.6 Å². The zero-order chi connectivity index (χ0) is 55.3. The number of nitrogens with zero attached hydrogens (tertiary/aromatic N) is 12. The summed E-state index contributed by atoms with van der Waals surface area (Å²) in [6, 6.07) is 15.6. The van der Waals surface area contributed by atoms with Crippen LogP contribution in [0.1, 0.15) is 132 Å². The summed E-state index contributed by atoms with van der Waals surface area (Å²) in [5, 5.41) is 7.68. The predicted octanol–water partition coefficient (Wildman–Crippen LogP) is 11.2. The van der Waals surface area contributed by atoms with Crippen molar-refractivity contribution in [3.8, 4) is 5.75 Å². The first-order valence-electron chi connectivity index (χ1n) is 28.5. The van der Waals surface area contributed by atoms with Crippen molar-refractivity contribution in [3.05, 3.63) is 89.5 Å². The van der Waals surface area contributed by atoms with Crippen molar-refractivity contribution < 1.29 is 14.3 Å². The highest BCUT2D eigenvalue weighted by Crippen LogP contribution is 2.40. The summed E-state index contributed by atoms with van der Waals surface area (Å²) in [5.74, 6) is 3.46. The number of imidazole rings is 2. The monoisotopic (exact) mass is 1060 g/mol. The summed E-state index contributed by atoms with van der Waals surface area (Å²) < 4.78 is 16.2. The highest BCUT2D eigenvalue weighted by atomic mass is 16.5. The fourth-order valence-corrected chi connectivity index (χ4v) is 11.8. The van der Waals surface area contributed by atoms with Crippen molar-refractivity contribution in [2.45, 2.75) is 157 Å². The standard InChI is InChI=1S/C61H84N14O3/c1-14-77-49(76)35-73-29-27-70(36-60(73,10)11)56-66-52-50(54(68-56)64-47-33-42(58(4,5)6)21-19-40(47)2)72(38-62-52)31-32-78-46-25-23-45(24-26-46)75-30-28-71(37-61(75,12)13)57-67-53-51(74(39-63-53)44-17-15-16-18-44)55(69-57)65-48-34-43(59(7,8)9)22-20-41(48)3/h19-26,33,38-39,44,48H,14-18,27-32,34-37H2,1-13H3,(H,64,66,68)(H,65,67,69)/t48-/m0/s1. The SMILES string of the molecule is CCOC(=O)CN1CCN(c2nc(Nc3cc(C(C)(C)C)ccc3C)c3c(ncn3CCOc3ccc(N4CCN(c5nc(N[C@H]6CC(C(C)(C)C)=CC=C6C)c6c(ncn6C6CCCC6)n5)CC4(C)C)cc3)n2)CC1(C)C. The number of carbonyl (C=O) groups is 1. The average Bonchev–Trinajstić information content (AvgIpc) is 4.33. The van der Waals surface area contributed by atoms with Gasteiger partial charge in [-0.2, -0.15) is 19.9 Å². The molecule has 2 aliphatic heterocycles. The third kappa shape index (κ3) is 11.5. The third-order valence-corrected chi connectivity index (χ3v) is 16.7. The van der Waals surface area contributed by atoms with E-state index in [9.17, 15) is 4.79 Å². The second kappa shape index (κ2) is 21.5. The van der Waals surface area contributed by atoms with Gasteiger partial charge in [0.2, 0.25) is 11.9 Å². The molecule has 2 N–H and O–H groups in total. The van der Waals surface area contributed by atoms with Crippen LogP contribution in [-0.4, -0.2) is 126 Å². The summed E-state index contributed by atoms with van der Waals surface area (Å²) in [6.07, 6.45) is 14.1. The van der Waals surface area contributed by atoms with Crippen LogP contribution in [-0.2, 0) is 21.5 Å². The normalized spacial score (nSPS) is 19.3. The molecule has 0 radical (unpaired) electrons. The minimum atomic E-state index is -0.329. The lowest BCUT2D eigenvalue weighted by atomic mass is 9.79. The Morgan fingerprint density at radius 2 is 1.42 bits per heavy atom. The lowest BCUT2D eigenvalue weighted by molar-refractivity contribution is -0.146. The molecule has 1 saturated carbocycles. The minimum absolute atomic E-state index is 0.0382. The molecule has 0 bridgehead atoms. The molecule has 10 rings (SSSR count). The molecule has 2 aromatic carbocycles. The zero-order valence-electron chi connectivity index (χ0n) is 48.7. The molecule has 0 unspecified atom stereocenters. The number of esters is 1. The van der Waals surface area contributed by atoms with Gasteiger partial charge in [0.1, 0.15) is 23.4 Å². The zero-order valence-corrected chi connectivity index (χ0v) is 48.7. The van der Waals surface area contributed by atoms with E-state index in [-0.39, 0.29) is 40.5 Å². The second-order valence-corrected chi connectivity index (χ2v) is 25.5. The van der Waals surface area contributed by atoms with Gasteiger partial charge in [-0.1, -0.05) is 89.8 Å². The summed E-state index contributed by atoms with van der Waals surface area (Å²) in [5.41, 5.74) is 9.86. The maximum atomic E-state index is 12.5. The topological polar surface area (TPSA) is 160 Å². The van der Waals surface area contributed by atoms with Crippen LogP contribution in [0.4, 0.5) is 34.9 Å². The van der Waals surface area contributed by atoms with Crippen molar-refractivity contribution in [3.63, 3.8) is 0 Å². The van der Waals surface area contributed by atoms with E-state index in [1.54, 1.807) is 0 Å². The Morgan fingerprint density at radius 1 is 0.756 bits per heavy atom. The number of rotatable bonds is 15. The van der Waals surface area contributed by atoms with Gasteiger partial charge in [-0.15, -0.1) is 0 Å². The molecule has 0 spiro atoms. The van der Waals surface area contributed by atoms with Crippen LogP contribution in [0.25, 0.3) is 22.3 Å². The number of nitrogens with one attached hydrogen (secondary N) is 2. The summed E-state index contributed by atoms with van der Waals surface area (Å²) >= 11 is 0. The molecule has 1 atom stereocenters. The summed E-state index contributed by atoms with van der Waals surface area (Å²) in [4.78, 5) is 52.4. The van der Waals surface area contributed by atoms with Crippen LogP contribution in [0.5, 0.6) is 5.75 Å². The molecule has 416 valence electrons. The number of fused-ring (bicyclic) bond motifs is 2. The smallest absolute Gasteiger partial charge is 0.320 e. The van der Waals surface area contributed by atoms with Crippen molar-refractivity contribution in [2.75, 3.05) is 84.4 Å². The predicted molar refractivity (Wildman–Crippen MR) is 315 cm³/mol. The lowest BCUT2D eigenvalue weighted by Crippen LogP contribution is -2.60. The molecular formula is C61H84N14O3. The maximum Gasteiger partial charge on any atom is 0.320 e. The fourth-order valence-electron chi connectivity index (χ4n) is 11.8. The van der Waals surface area contributed by atoms with Gasteiger partial charge in [-0.3, -0.25) is 9.69 Å². The van der Waals surface area contributed by atoms with Gasteiger partial charge in [0.05, 0.1) is 43.9 Å². The van der Waals surface area contributed by atoms with Gasteiger partial charge in [0, 0.05) is 62.2 Å². The number of allylic oxidation sites excluding steroid dienone is 2.